The van der Waals surface area contributed by atoms with Crippen LogP contribution >= 0.6 is 0 Å². The molecule has 3 rings (SSSR count). The van der Waals surface area contributed by atoms with Gasteiger partial charge in [0, 0.05) is 11.1 Å². The number of carbonyl (C=O) groups excluding carboxylic acids is 1. The van der Waals surface area contributed by atoms with Crippen LogP contribution in [0.25, 0.3) is 17.2 Å². The highest BCUT2D eigenvalue weighted by molar-refractivity contribution is 5.85. The Morgan fingerprint density at radius 1 is 1.00 bits per heavy atom. The summed E-state index contributed by atoms with van der Waals surface area (Å²) < 4.78 is 5.59. The van der Waals surface area contributed by atoms with Crippen LogP contribution < -0.4 is 4.74 Å². The van der Waals surface area contributed by atoms with E-state index in [1.54, 1.807) is 0 Å². The molecule has 0 spiro atoms. The lowest BCUT2D eigenvalue weighted by molar-refractivity contribution is -0.105. The lowest BCUT2D eigenvalue weighted by Gasteiger charge is -2.16. The number of hydrogen-bond donors (Lipinski definition) is 0. The predicted octanol–water partition coefficient (Wildman–Crippen LogP) is 3.33. The van der Waals surface area contributed by atoms with Crippen molar-refractivity contribution in [3.63, 3.8) is 0 Å². The minimum absolute atomic E-state index is 0.356. The summed E-state index contributed by atoms with van der Waals surface area (Å²) in [5.74, 6) is 0.835. The van der Waals surface area contributed by atoms with E-state index in [4.69, 9.17) is 4.74 Å². The van der Waals surface area contributed by atoms with Gasteiger partial charge in [0.1, 0.15) is 18.6 Å². The van der Waals surface area contributed by atoms with Crippen molar-refractivity contribution in [2.75, 3.05) is 6.61 Å². The van der Waals surface area contributed by atoms with Crippen molar-refractivity contribution in [1.82, 2.24) is 0 Å². The Morgan fingerprint density at radius 2 is 1.83 bits per heavy atom. The topological polar surface area (TPSA) is 26.3 Å². The third-order valence-electron chi connectivity index (χ3n) is 3.01. The van der Waals surface area contributed by atoms with Crippen LogP contribution in [0.5, 0.6) is 5.75 Å². The Bertz CT molecular complexity index is 612. The maximum absolute atomic E-state index is 10.7. The summed E-state index contributed by atoms with van der Waals surface area (Å²) in [6.45, 7) is 0.356. The molecule has 1 aliphatic rings. The summed E-state index contributed by atoms with van der Waals surface area (Å²) in [5, 5.41) is 0. The maximum Gasteiger partial charge on any atom is 0.149 e. The molecule has 2 nitrogen and oxygen atoms in total. The highest BCUT2D eigenvalue weighted by atomic mass is 16.5. The number of ether oxygens (including phenoxy) is 1. The van der Waals surface area contributed by atoms with Gasteiger partial charge in [-0.25, -0.2) is 0 Å². The fourth-order valence-corrected chi connectivity index (χ4v) is 2.06. The van der Waals surface area contributed by atoms with Crippen molar-refractivity contribution in [3.8, 4) is 16.9 Å². The molecule has 0 N–H and O–H groups in total. The van der Waals surface area contributed by atoms with E-state index in [9.17, 15) is 4.79 Å². The Kier molecular flexibility index (Phi) is 2.69. The molecule has 88 valence electrons. The molecule has 1 aliphatic heterocycles. The number of carbonyl (C=O) groups is 1. The number of fused-ring (bicyclic) bond motifs is 1. The molecule has 0 fully saturated rings. The van der Waals surface area contributed by atoms with E-state index in [2.05, 4.69) is 12.1 Å². The van der Waals surface area contributed by atoms with E-state index >= 15 is 0 Å². The van der Waals surface area contributed by atoms with Crippen molar-refractivity contribution in [3.05, 3.63) is 59.7 Å². The first-order valence-corrected chi connectivity index (χ1v) is 5.85. The molecule has 2 aromatic carbocycles. The van der Waals surface area contributed by atoms with Gasteiger partial charge in [0.05, 0.1) is 0 Å². The third kappa shape index (κ3) is 1.93. The second kappa shape index (κ2) is 4.49. The molecule has 0 saturated heterocycles. The fourth-order valence-electron chi connectivity index (χ4n) is 2.06. The Morgan fingerprint density at radius 3 is 2.61 bits per heavy atom. The molecule has 2 heteroatoms. The minimum atomic E-state index is 0.356. The maximum atomic E-state index is 10.7. The molecule has 18 heavy (non-hydrogen) atoms. The van der Waals surface area contributed by atoms with Crippen molar-refractivity contribution in [1.29, 1.82) is 0 Å². The average molecular weight is 236 g/mol. The SMILES string of the molecule is O=CC1=Cc2ccc(-c3ccccc3)cc2OC1. The van der Waals surface area contributed by atoms with E-state index in [1.165, 1.54) is 0 Å². The van der Waals surface area contributed by atoms with Gasteiger partial charge in [0.25, 0.3) is 0 Å². The van der Waals surface area contributed by atoms with Gasteiger partial charge in [0.2, 0.25) is 0 Å². The molecule has 2 aromatic rings. The molecule has 0 unspecified atom stereocenters. The molecule has 0 atom stereocenters. The lowest BCUT2D eigenvalue weighted by Crippen LogP contribution is -2.07. The molecule has 0 radical (unpaired) electrons. The first-order chi connectivity index (χ1) is 8.86. The van der Waals surface area contributed by atoms with Crippen LogP contribution in [0, 0.1) is 0 Å². The van der Waals surface area contributed by atoms with Gasteiger partial charge in [-0.2, -0.15) is 0 Å². The summed E-state index contributed by atoms with van der Waals surface area (Å²) in [6.07, 6.45) is 2.72. The Hall–Kier alpha value is -2.35. The van der Waals surface area contributed by atoms with Gasteiger partial charge >= 0.3 is 0 Å². The van der Waals surface area contributed by atoms with Crippen LogP contribution in [0.15, 0.2) is 54.1 Å². The Labute approximate surface area is 106 Å². The molecule has 1 heterocycles. The van der Waals surface area contributed by atoms with Crippen molar-refractivity contribution >= 4 is 12.4 Å². The van der Waals surface area contributed by atoms with Gasteiger partial charge in [-0.15, -0.1) is 0 Å². The third-order valence-corrected chi connectivity index (χ3v) is 3.01. The van der Waals surface area contributed by atoms with E-state index in [1.807, 2.05) is 42.5 Å². The van der Waals surface area contributed by atoms with Crippen molar-refractivity contribution in [2.45, 2.75) is 0 Å². The first kappa shape index (κ1) is 10.8. The number of rotatable bonds is 2. The quantitative estimate of drug-likeness (QED) is 0.747. The molecule has 0 saturated carbocycles. The Balaban J connectivity index is 2.03. The monoisotopic (exact) mass is 236 g/mol. The highest BCUT2D eigenvalue weighted by Crippen LogP contribution is 2.31. The number of hydrogen-bond acceptors (Lipinski definition) is 2. The van der Waals surface area contributed by atoms with Crippen LogP contribution in [0.4, 0.5) is 0 Å². The van der Waals surface area contributed by atoms with Gasteiger partial charge in [0.15, 0.2) is 0 Å². The minimum Gasteiger partial charge on any atom is -0.488 e. The standard InChI is InChI=1S/C16H12O2/c17-10-12-8-15-7-6-14(9-16(15)18-11-12)13-4-2-1-3-5-13/h1-10H,11H2. The van der Waals surface area contributed by atoms with Crippen LogP contribution in [-0.2, 0) is 4.79 Å². The second-order valence-corrected chi connectivity index (χ2v) is 4.24. The molecule has 0 aromatic heterocycles. The molecule has 0 amide bonds. The number of benzene rings is 2. The van der Waals surface area contributed by atoms with Gasteiger partial charge in [-0.3, -0.25) is 4.79 Å². The van der Waals surface area contributed by atoms with Crippen LogP contribution in [-0.4, -0.2) is 12.9 Å². The van der Waals surface area contributed by atoms with Gasteiger partial charge < -0.3 is 4.74 Å². The number of aldehydes is 1. The van der Waals surface area contributed by atoms with Crippen LogP contribution in [0.3, 0.4) is 0 Å². The normalized spacial score (nSPS) is 13.2. The summed E-state index contributed by atoms with van der Waals surface area (Å²) >= 11 is 0. The second-order valence-electron chi connectivity index (χ2n) is 4.24. The molecular weight excluding hydrogens is 224 g/mol. The summed E-state index contributed by atoms with van der Waals surface area (Å²) in [4.78, 5) is 10.7. The molecule has 0 bridgehead atoms. The molecular formula is C16H12O2. The van der Waals surface area contributed by atoms with Crippen molar-refractivity contribution in [2.24, 2.45) is 0 Å². The van der Waals surface area contributed by atoms with E-state index in [0.29, 0.717) is 12.2 Å². The lowest BCUT2D eigenvalue weighted by atomic mass is 10.0. The largest absolute Gasteiger partial charge is 0.488 e. The molecule has 0 aliphatic carbocycles. The van der Waals surface area contributed by atoms with Gasteiger partial charge in [-0.05, 0) is 23.3 Å². The van der Waals surface area contributed by atoms with Crippen LogP contribution in [0.2, 0.25) is 0 Å². The smallest absolute Gasteiger partial charge is 0.149 e. The zero-order valence-corrected chi connectivity index (χ0v) is 9.80. The fraction of sp³-hybridized carbons (Fsp3) is 0.0625. The summed E-state index contributed by atoms with van der Waals surface area (Å²) in [7, 11) is 0. The summed E-state index contributed by atoms with van der Waals surface area (Å²) in [5.41, 5.74) is 3.92. The zero-order valence-electron chi connectivity index (χ0n) is 9.80. The average Bonchev–Trinajstić information content (AvgIpc) is 2.47. The zero-order chi connectivity index (χ0) is 12.4. The van der Waals surface area contributed by atoms with E-state index < -0.39 is 0 Å². The van der Waals surface area contributed by atoms with E-state index in [0.717, 1.165) is 28.7 Å². The van der Waals surface area contributed by atoms with Crippen LogP contribution in [0.1, 0.15) is 5.56 Å². The first-order valence-electron chi connectivity index (χ1n) is 5.85. The van der Waals surface area contributed by atoms with E-state index in [-0.39, 0.29) is 0 Å². The predicted molar refractivity (Wildman–Crippen MR) is 71.4 cm³/mol. The summed E-state index contributed by atoms with van der Waals surface area (Å²) in [6, 6.07) is 16.2. The van der Waals surface area contributed by atoms with Crippen molar-refractivity contribution < 1.29 is 9.53 Å². The highest BCUT2D eigenvalue weighted by Gasteiger charge is 2.11. The van der Waals surface area contributed by atoms with Gasteiger partial charge in [-0.1, -0.05) is 42.5 Å².